The molecule has 3 nitrogen and oxygen atoms in total. The molecule has 0 spiro atoms. The van der Waals surface area contributed by atoms with Crippen LogP contribution in [-0.2, 0) is 0 Å². The van der Waals surface area contributed by atoms with Gasteiger partial charge in [-0.2, -0.15) is 0 Å². The number of nitrogens with one attached hydrogen (secondary N) is 1. The lowest BCUT2D eigenvalue weighted by molar-refractivity contribution is 0.370. The van der Waals surface area contributed by atoms with Gasteiger partial charge in [-0.15, -0.1) is 0 Å². The largest absolute Gasteiger partial charge is 0.485 e. The van der Waals surface area contributed by atoms with Crippen LogP contribution in [0.25, 0.3) is 0 Å². The Kier molecular flexibility index (Phi) is 3.13. The summed E-state index contributed by atoms with van der Waals surface area (Å²) in [6.45, 7) is 8.64. The van der Waals surface area contributed by atoms with Gasteiger partial charge in [0.25, 0.3) is 0 Å². The highest BCUT2D eigenvalue weighted by Gasteiger charge is 2.08. The molecule has 0 fully saturated rings. The van der Waals surface area contributed by atoms with Gasteiger partial charge in [0.1, 0.15) is 18.2 Å². The average Bonchev–Trinajstić information content (AvgIpc) is 2.74. The number of hydrogen-bond acceptors (Lipinski definition) is 3. The number of hydrogen-bond donors (Lipinski definition) is 1. The Hall–Kier alpha value is -1.51. The topological polar surface area (TPSA) is 33.6 Å². The third kappa shape index (κ3) is 2.35. The fourth-order valence-corrected chi connectivity index (χ4v) is 1.84. The molecule has 16 heavy (non-hydrogen) atoms. The SMILES string of the molecule is Cc1cc(C)c(C)c(OCC2=NCCN2)c1. The Morgan fingerprint density at radius 3 is 2.81 bits per heavy atom. The van der Waals surface area contributed by atoms with Gasteiger partial charge in [0.15, 0.2) is 0 Å². The van der Waals surface area contributed by atoms with Gasteiger partial charge in [-0.25, -0.2) is 0 Å². The predicted octanol–water partition coefficient (Wildman–Crippen LogP) is 1.99. The molecule has 1 aliphatic rings. The van der Waals surface area contributed by atoms with Crippen molar-refractivity contribution in [2.75, 3.05) is 19.7 Å². The molecule has 0 amide bonds. The fraction of sp³-hybridized carbons (Fsp3) is 0.462. The van der Waals surface area contributed by atoms with Crippen molar-refractivity contribution in [3.63, 3.8) is 0 Å². The van der Waals surface area contributed by atoms with Crippen LogP contribution in [0.5, 0.6) is 5.75 Å². The lowest BCUT2D eigenvalue weighted by Crippen LogP contribution is -2.25. The zero-order chi connectivity index (χ0) is 11.5. The first-order valence-corrected chi connectivity index (χ1v) is 5.64. The maximum atomic E-state index is 5.79. The second-order valence-electron chi connectivity index (χ2n) is 4.25. The molecule has 0 aliphatic carbocycles. The molecule has 0 saturated carbocycles. The number of nitrogens with zero attached hydrogens (tertiary/aromatic N) is 1. The van der Waals surface area contributed by atoms with Crippen LogP contribution in [0.15, 0.2) is 17.1 Å². The van der Waals surface area contributed by atoms with Crippen LogP contribution in [0, 0.1) is 20.8 Å². The summed E-state index contributed by atoms with van der Waals surface area (Å²) in [4.78, 5) is 4.31. The van der Waals surface area contributed by atoms with Gasteiger partial charge in [0.05, 0.1) is 6.54 Å². The zero-order valence-electron chi connectivity index (χ0n) is 10.1. The highest BCUT2D eigenvalue weighted by Crippen LogP contribution is 2.23. The molecular formula is C13H18N2O. The minimum Gasteiger partial charge on any atom is -0.485 e. The monoisotopic (exact) mass is 218 g/mol. The van der Waals surface area contributed by atoms with Gasteiger partial charge in [0, 0.05) is 6.54 Å². The normalized spacial score (nSPS) is 14.6. The van der Waals surface area contributed by atoms with E-state index in [-0.39, 0.29) is 0 Å². The second kappa shape index (κ2) is 4.56. The first kappa shape index (κ1) is 11.0. The molecular weight excluding hydrogens is 200 g/mol. The lowest BCUT2D eigenvalue weighted by atomic mass is 10.1. The molecule has 0 radical (unpaired) electrons. The van der Waals surface area contributed by atoms with Crippen molar-refractivity contribution in [3.05, 3.63) is 28.8 Å². The summed E-state index contributed by atoms with van der Waals surface area (Å²) in [6.07, 6.45) is 0. The van der Waals surface area contributed by atoms with Crippen molar-refractivity contribution in [2.45, 2.75) is 20.8 Å². The van der Waals surface area contributed by atoms with Crippen LogP contribution in [0.2, 0.25) is 0 Å². The van der Waals surface area contributed by atoms with Crippen LogP contribution in [0.1, 0.15) is 16.7 Å². The molecule has 1 N–H and O–H groups in total. The van der Waals surface area contributed by atoms with E-state index in [2.05, 4.69) is 43.2 Å². The van der Waals surface area contributed by atoms with E-state index in [1.54, 1.807) is 0 Å². The van der Waals surface area contributed by atoms with Gasteiger partial charge in [-0.3, -0.25) is 4.99 Å². The summed E-state index contributed by atoms with van der Waals surface area (Å²) in [5, 5.41) is 3.20. The number of rotatable bonds is 3. The van der Waals surface area contributed by atoms with Gasteiger partial charge in [0.2, 0.25) is 0 Å². The van der Waals surface area contributed by atoms with E-state index in [4.69, 9.17) is 4.74 Å². The van der Waals surface area contributed by atoms with Crippen LogP contribution in [-0.4, -0.2) is 25.5 Å². The Labute approximate surface area is 96.5 Å². The standard InChI is InChI=1S/C13H18N2O/c1-9-6-10(2)11(3)12(7-9)16-8-13-14-4-5-15-13/h6-7H,4-5,8H2,1-3H3,(H,14,15). The number of benzene rings is 1. The van der Waals surface area contributed by atoms with Gasteiger partial charge in [-0.05, 0) is 43.5 Å². The number of amidine groups is 1. The molecule has 0 unspecified atom stereocenters. The Morgan fingerprint density at radius 1 is 1.31 bits per heavy atom. The number of aliphatic imine (C=N–C) groups is 1. The summed E-state index contributed by atoms with van der Waals surface area (Å²) in [5.41, 5.74) is 3.72. The summed E-state index contributed by atoms with van der Waals surface area (Å²) in [7, 11) is 0. The van der Waals surface area contributed by atoms with Gasteiger partial charge in [-0.1, -0.05) is 6.07 Å². The van der Waals surface area contributed by atoms with E-state index < -0.39 is 0 Å². The maximum absolute atomic E-state index is 5.79. The van der Waals surface area contributed by atoms with Crippen molar-refractivity contribution in [1.29, 1.82) is 0 Å². The van der Waals surface area contributed by atoms with E-state index in [1.165, 1.54) is 16.7 Å². The third-order valence-electron chi connectivity index (χ3n) is 2.87. The van der Waals surface area contributed by atoms with Crippen LogP contribution < -0.4 is 10.1 Å². The third-order valence-corrected chi connectivity index (χ3v) is 2.87. The van der Waals surface area contributed by atoms with E-state index >= 15 is 0 Å². The van der Waals surface area contributed by atoms with Crippen molar-refractivity contribution in [2.24, 2.45) is 4.99 Å². The quantitative estimate of drug-likeness (QED) is 0.841. The summed E-state index contributed by atoms with van der Waals surface area (Å²) >= 11 is 0. The summed E-state index contributed by atoms with van der Waals surface area (Å²) < 4.78 is 5.79. The minimum absolute atomic E-state index is 0.545. The first-order chi connectivity index (χ1) is 7.66. The maximum Gasteiger partial charge on any atom is 0.145 e. The van der Waals surface area contributed by atoms with Gasteiger partial charge >= 0.3 is 0 Å². The smallest absolute Gasteiger partial charge is 0.145 e. The van der Waals surface area contributed by atoms with Crippen molar-refractivity contribution in [1.82, 2.24) is 5.32 Å². The highest BCUT2D eigenvalue weighted by molar-refractivity contribution is 5.85. The van der Waals surface area contributed by atoms with E-state index in [0.29, 0.717) is 6.61 Å². The molecule has 0 bridgehead atoms. The van der Waals surface area contributed by atoms with Crippen LogP contribution in [0.3, 0.4) is 0 Å². The van der Waals surface area contributed by atoms with Crippen molar-refractivity contribution < 1.29 is 4.74 Å². The van der Waals surface area contributed by atoms with Crippen LogP contribution in [0.4, 0.5) is 0 Å². The van der Waals surface area contributed by atoms with E-state index in [0.717, 1.165) is 24.7 Å². The second-order valence-corrected chi connectivity index (χ2v) is 4.25. The molecule has 0 saturated heterocycles. The molecule has 86 valence electrons. The molecule has 0 atom stereocenters. The molecule has 1 aromatic rings. The Morgan fingerprint density at radius 2 is 2.12 bits per heavy atom. The summed E-state index contributed by atoms with van der Waals surface area (Å²) in [5.74, 6) is 1.92. The fourth-order valence-electron chi connectivity index (χ4n) is 1.84. The van der Waals surface area contributed by atoms with E-state index in [1.807, 2.05) is 0 Å². The van der Waals surface area contributed by atoms with Crippen LogP contribution >= 0.6 is 0 Å². The molecule has 1 aromatic carbocycles. The number of aryl methyl sites for hydroxylation is 2. The predicted molar refractivity (Wildman–Crippen MR) is 66.5 cm³/mol. The highest BCUT2D eigenvalue weighted by atomic mass is 16.5. The molecule has 1 aliphatic heterocycles. The first-order valence-electron chi connectivity index (χ1n) is 5.64. The zero-order valence-corrected chi connectivity index (χ0v) is 10.1. The molecule has 2 rings (SSSR count). The Bertz CT molecular complexity index is 424. The molecule has 3 heteroatoms. The average molecular weight is 218 g/mol. The molecule has 1 heterocycles. The van der Waals surface area contributed by atoms with Crippen molar-refractivity contribution in [3.8, 4) is 5.75 Å². The Balaban J connectivity index is 2.08. The molecule has 0 aromatic heterocycles. The summed E-state index contributed by atoms with van der Waals surface area (Å²) in [6, 6.07) is 4.26. The van der Waals surface area contributed by atoms with E-state index in [9.17, 15) is 0 Å². The lowest BCUT2D eigenvalue weighted by Gasteiger charge is -2.12. The van der Waals surface area contributed by atoms with Crippen molar-refractivity contribution >= 4 is 5.84 Å². The minimum atomic E-state index is 0.545. The number of ether oxygens (including phenoxy) is 1. The van der Waals surface area contributed by atoms with Gasteiger partial charge < -0.3 is 10.1 Å².